The first-order chi connectivity index (χ1) is 20.2. The second-order valence-electron chi connectivity index (χ2n) is 10.6. The van der Waals surface area contributed by atoms with Crippen molar-refractivity contribution in [3.8, 4) is 23.3 Å². The maximum atomic E-state index is 13.9. The van der Waals surface area contributed by atoms with Crippen LogP contribution in [0.15, 0.2) is 77.4 Å². The van der Waals surface area contributed by atoms with Gasteiger partial charge in [0.1, 0.15) is 35.0 Å². The van der Waals surface area contributed by atoms with Crippen LogP contribution in [0, 0.1) is 11.3 Å². The molecule has 0 radical (unpaired) electrons. The van der Waals surface area contributed by atoms with Gasteiger partial charge < -0.3 is 20.1 Å². The topological polar surface area (TPSA) is 141 Å². The van der Waals surface area contributed by atoms with Crippen molar-refractivity contribution in [1.29, 1.82) is 5.26 Å². The number of nitriles is 1. The van der Waals surface area contributed by atoms with Crippen LogP contribution in [-0.4, -0.2) is 54.7 Å². The van der Waals surface area contributed by atoms with Crippen LogP contribution in [0.2, 0.25) is 0 Å². The first-order valence-corrected chi connectivity index (χ1v) is 13.9. The van der Waals surface area contributed by atoms with Gasteiger partial charge in [0.25, 0.3) is 5.91 Å². The van der Waals surface area contributed by atoms with Crippen molar-refractivity contribution < 1.29 is 14.3 Å². The van der Waals surface area contributed by atoms with Crippen LogP contribution < -0.4 is 16.2 Å². The third-order valence-corrected chi connectivity index (χ3v) is 7.20. The van der Waals surface area contributed by atoms with E-state index in [1.807, 2.05) is 43.3 Å². The normalized spacial score (nSPS) is 15.6. The number of nitrogens with two attached hydrogens (primary N) is 1. The SMILES string of the molecule is CCOC(C)(C)C=C(C#N)C(=O)N1CCCC1Cn1c(=O)n(-c2ccc(Oc3ccccc3)cc2)c2c(N)ncnc21. The van der Waals surface area contributed by atoms with Crippen LogP contribution in [-0.2, 0) is 16.1 Å². The molecule has 1 saturated heterocycles. The van der Waals surface area contributed by atoms with Gasteiger partial charge in [-0.25, -0.2) is 14.8 Å². The third-order valence-electron chi connectivity index (χ3n) is 7.20. The molecule has 0 aliphatic carbocycles. The van der Waals surface area contributed by atoms with Gasteiger partial charge >= 0.3 is 5.69 Å². The molecule has 216 valence electrons. The molecule has 2 N–H and O–H groups in total. The van der Waals surface area contributed by atoms with Crippen LogP contribution in [0.5, 0.6) is 11.5 Å². The van der Waals surface area contributed by atoms with E-state index in [9.17, 15) is 14.9 Å². The molecule has 3 heterocycles. The Hall–Kier alpha value is -4.95. The fraction of sp³-hybridized carbons (Fsp3) is 0.323. The number of likely N-dealkylation sites (tertiary alicyclic amines) is 1. The molecule has 11 nitrogen and oxygen atoms in total. The summed E-state index contributed by atoms with van der Waals surface area (Å²) in [5.41, 5.74) is 6.46. The van der Waals surface area contributed by atoms with Crippen LogP contribution in [0.25, 0.3) is 16.9 Å². The highest BCUT2D eigenvalue weighted by atomic mass is 16.5. The van der Waals surface area contributed by atoms with Crippen LogP contribution in [0.3, 0.4) is 0 Å². The van der Waals surface area contributed by atoms with E-state index >= 15 is 0 Å². The highest BCUT2D eigenvalue weighted by molar-refractivity contribution is 5.97. The average molecular weight is 568 g/mol. The standard InChI is InChI=1S/C31H33N7O4/c1-4-41-31(2,3)17-21(18-32)29(39)36-16-8-9-23(36)19-37-28-26(27(33)34-20-35-28)38(30(37)40)22-12-14-25(15-13-22)42-24-10-6-5-7-11-24/h5-7,10-15,17,20,23H,4,8-9,16,19H2,1-3H3,(H2,33,34,35). The summed E-state index contributed by atoms with van der Waals surface area (Å²) in [7, 11) is 0. The number of amides is 1. The van der Waals surface area contributed by atoms with Gasteiger partial charge in [0.05, 0.1) is 17.3 Å². The number of carbonyl (C=O) groups is 1. The highest BCUT2D eigenvalue weighted by Crippen LogP contribution is 2.27. The van der Waals surface area contributed by atoms with E-state index in [-0.39, 0.29) is 35.6 Å². The number of rotatable bonds is 9. The van der Waals surface area contributed by atoms with E-state index in [1.165, 1.54) is 15.5 Å². The number of fused-ring (bicyclic) bond motifs is 1. The molecule has 1 atom stereocenters. The molecule has 0 spiro atoms. The zero-order chi connectivity index (χ0) is 29.9. The molecule has 1 amide bonds. The molecule has 0 bridgehead atoms. The monoisotopic (exact) mass is 567 g/mol. The lowest BCUT2D eigenvalue weighted by Crippen LogP contribution is -2.41. The smallest absolute Gasteiger partial charge is 0.335 e. The number of carbonyl (C=O) groups excluding carboxylic acids is 1. The number of hydrogen-bond donors (Lipinski definition) is 1. The molecule has 4 aromatic rings. The van der Waals surface area contributed by atoms with Gasteiger partial charge in [-0.1, -0.05) is 18.2 Å². The number of hydrogen-bond acceptors (Lipinski definition) is 8. The van der Waals surface area contributed by atoms with Crippen molar-refractivity contribution in [3.63, 3.8) is 0 Å². The number of ether oxygens (including phenoxy) is 2. The highest BCUT2D eigenvalue weighted by Gasteiger charge is 2.33. The first-order valence-electron chi connectivity index (χ1n) is 13.9. The Morgan fingerprint density at radius 1 is 1.14 bits per heavy atom. The summed E-state index contributed by atoms with van der Waals surface area (Å²) in [4.78, 5) is 37.6. The summed E-state index contributed by atoms with van der Waals surface area (Å²) in [6, 6.07) is 18.2. The third kappa shape index (κ3) is 5.75. The molecule has 0 saturated carbocycles. The zero-order valence-electron chi connectivity index (χ0n) is 23.9. The Kier molecular flexibility index (Phi) is 8.08. The minimum atomic E-state index is -0.773. The predicted octanol–water partition coefficient (Wildman–Crippen LogP) is 4.21. The fourth-order valence-corrected chi connectivity index (χ4v) is 5.36. The minimum Gasteiger partial charge on any atom is -0.457 e. The molecule has 1 unspecified atom stereocenters. The number of aromatic nitrogens is 4. The molecule has 5 rings (SSSR count). The van der Waals surface area contributed by atoms with E-state index in [1.54, 1.807) is 49.1 Å². The molecule has 1 fully saturated rings. The van der Waals surface area contributed by atoms with E-state index in [0.29, 0.717) is 47.9 Å². The van der Waals surface area contributed by atoms with E-state index in [2.05, 4.69) is 9.97 Å². The largest absolute Gasteiger partial charge is 0.457 e. The average Bonchev–Trinajstić information content (AvgIpc) is 3.55. The van der Waals surface area contributed by atoms with Crippen molar-refractivity contribution in [2.45, 2.75) is 51.8 Å². The van der Waals surface area contributed by atoms with E-state index in [4.69, 9.17) is 15.2 Å². The Morgan fingerprint density at radius 2 is 1.86 bits per heavy atom. The number of para-hydroxylation sites is 1. The van der Waals surface area contributed by atoms with E-state index in [0.717, 1.165) is 6.42 Å². The second-order valence-corrected chi connectivity index (χ2v) is 10.6. The van der Waals surface area contributed by atoms with Crippen LogP contribution >= 0.6 is 0 Å². The van der Waals surface area contributed by atoms with Gasteiger partial charge in [0, 0.05) is 19.7 Å². The van der Waals surface area contributed by atoms with Crippen molar-refractivity contribution in [2.75, 3.05) is 18.9 Å². The van der Waals surface area contributed by atoms with Crippen LogP contribution in [0.1, 0.15) is 33.6 Å². The molecule has 1 aliphatic rings. The molecule has 42 heavy (non-hydrogen) atoms. The number of nitrogen functional groups attached to an aromatic ring is 1. The first kappa shape index (κ1) is 28.6. The fourth-order valence-electron chi connectivity index (χ4n) is 5.36. The van der Waals surface area contributed by atoms with Gasteiger partial charge in [0.2, 0.25) is 0 Å². The number of anilines is 1. The number of nitrogens with zero attached hydrogens (tertiary/aromatic N) is 6. The Balaban J connectivity index is 1.47. The van der Waals surface area contributed by atoms with Crippen LogP contribution in [0.4, 0.5) is 5.82 Å². The summed E-state index contributed by atoms with van der Waals surface area (Å²) in [6.45, 7) is 6.59. The maximum Gasteiger partial charge on any atom is 0.335 e. The van der Waals surface area contributed by atoms with Crippen molar-refractivity contribution in [1.82, 2.24) is 24.0 Å². The predicted molar refractivity (Wildman–Crippen MR) is 158 cm³/mol. The summed E-state index contributed by atoms with van der Waals surface area (Å²) in [5.74, 6) is 1.09. The summed E-state index contributed by atoms with van der Waals surface area (Å²) in [6.07, 6.45) is 4.30. The quantitative estimate of drug-likeness (QED) is 0.234. The molecule has 2 aromatic carbocycles. The molecular weight excluding hydrogens is 534 g/mol. The lowest BCUT2D eigenvalue weighted by atomic mass is 10.0. The van der Waals surface area contributed by atoms with Gasteiger partial charge in [-0.3, -0.25) is 13.9 Å². The second kappa shape index (κ2) is 11.9. The number of imidazole rings is 1. The Morgan fingerprint density at radius 3 is 2.55 bits per heavy atom. The lowest BCUT2D eigenvalue weighted by Gasteiger charge is -2.26. The van der Waals surface area contributed by atoms with Crippen molar-refractivity contribution in [2.24, 2.45) is 0 Å². The van der Waals surface area contributed by atoms with Gasteiger partial charge in [0.15, 0.2) is 11.5 Å². The van der Waals surface area contributed by atoms with Gasteiger partial charge in [-0.2, -0.15) is 5.26 Å². The van der Waals surface area contributed by atoms with Crippen molar-refractivity contribution >= 4 is 22.9 Å². The van der Waals surface area contributed by atoms with E-state index < -0.39 is 5.60 Å². The minimum absolute atomic E-state index is 0.0134. The molecule has 2 aromatic heterocycles. The Labute approximate surface area is 243 Å². The van der Waals surface area contributed by atoms with Crippen molar-refractivity contribution in [3.05, 3.63) is 83.1 Å². The molecular formula is C31H33N7O4. The van der Waals surface area contributed by atoms with Gasteiger partial charge in [-0.05, 0) is 76.1 Å². The van der Waals surface area contributed by atoms with Gasteiger partial charge in [-0.15, -0.1) is 0 Å². The maximum absolute atomic E-state index is 13.9. The number of benzene rings is 2. The zero-order valence-corrected chi connectivity index (χ0v) is 23.9. The summed E-state index contributed by atoms with van der Waals surface area (Å²) in [5, 5.41) is 9.79. The molecule has 11 heteroatoms. The Bertz CT molecular complexity index is 1720. The summed E-state index contributed by atoms with van der Waals surface area (Å²) < 4.78 is 14.6. The molecule has 1 aliphatic heterocycles. The summed E-state index contributed by atoms with van der Waals surface area (Å²) >= 11 is 0. The lowest BCUT2D eigenvalue weighted by molar-refractivity contribution is -0.127.